The molecule has 0 saturated carbocycles. The van der Waals surface area contributed by atoms with Crippen molar-refractivity contribution in [1.29, 1.82) is 0 Å². The van der Waals surface area contributed by atoms with Crippen molar-refractivity contribution in [3.05, 3.63) is 126 Å². The zero-order chi connectivity index (χ0) is 37.6. The number of aromatic nitrogens is 1. The maximum atomic E-state index is 13.9. The van der Waals surface area contributed by atoms with Gasteiger partial charge in [-0.2, -0.15) is 0 Å². The van der Waals surface area contributed by atoms with Gasteiger partial charge in [0.15, 0.2) is 0 Å². The lowest BCUT2D eigenvalue weighted by molar-refractivity contribution is -0.127. The highest BCUT2D eigenvalue weighted by molar-refractivity contribution is 6.00. The molecular weight excluding hydrogens is 669 g/mol. The molecule has 0 radical (unpaired) electrons. The van der Waals surface area contributed by atoms with Gasteiger partial charge in [0.1, 0.15) is 12.1 Å². The van der Waals surface area contributed by atoms with Crippen LogP contribution in [0.25, 0.3) is 22.0 Å². The van der Waals surface area contributed by atoms with Crippen LogP contribution in [-0.2, 0) is 27.2 Å². The quantitative estimate of drug-likeness (QED) is 0.0634. The lowest BCUT2D eigenvalue weighted by Gasteiger charge is -2.21. The second-order valence-corrected chi connectivity index (χ2v) is 13.0. The van der Waals surface area contributed by atoms with Gasteiger partial charge in [-0.25, -0.2) is 0 Å². The van der Waals surface area contributed by atoms with Gasteiger partial charge in [0.05, 0.1) is 6.04 Å². The number of nitrogens with one attached hydrogen (secondary N) is 5. The molecule has 4 amide bonds. The molecule has 12 nitrogen and oxygen atoms in total. The zero-order valence-electron chi connectivity index (χ0n) is 29.6. The monoisotopic (exact) mass is 716 g/mol. The summed E-state index contributed by atoms with van der Waals surface area (Å²) in [7, 11) is 0. The Bertz CT molecular complexity index is 2000. The van der Waals surface area contributed by atoms with Crippen LogP contribution in [0.2, 0.25) is 0 Å². The number of hydrogen-bond acceptors (Lipinski definition) is 7. The lowest BCUT2D eigenvalue weighted by atomic mass is 10.0. The third-order valence-corrected chi connectivity index (χ3v) is 8.97. The van der Waals surface area contributed by atoms with E-state index in [1.54, 1.807) is 36.4 Å². The number of fused-ring (bicyclic) bond motifs is 1. The van der Waals surface area contributed by atoms with E-state index in [9.17, 15) is 19.2 Å². The van der Waals surface area contributed by atoms with Gasteiger partial charge >= 0.3 is 0 Å². The van der Waals surface area contributed by atoms with Crippen molar-refractivity contribution in [2.75, 3.05) is 25.0 Å². The molecule has 3 atom stereocenters. The van der Waals surface area contributed by atoms with Crippen molar-refractivity contribution in [1.82, 2.24) is 20.9 Å². The highest BCUT2D eigenvalue weighted by Crippen LogP contribution is 2.25. The van der Waals surface area contributed by atoms with E-state index in [4.69, 9.17) is 17.2 Å². The predicted molar refractivity (Wildman–Crippen MR) is 209 cm³/mol. The van der Waals surface area contributed by atoms with Crippen LogP contribution in [-0.4, -0.2) is 66.4 Å². The molecule has 0 bridgehead atoms. The summed E-state index contributed by atoms with van der Waals surface area (Å²) in [6.45, 7) is 1.09. The summed E-state index contributed by atoms with van der Waals surface area (Å²) < 4.78 is 0. The first-order valence-electron chi connectivity index (χ1n) is 17.9. The van der Waals surface area contributed by atoms with Gasteiger partial charge in [-0.15, -0.1) is 0 Å². The maximum Gasteiger partial charge on any atom is 0.251 e. The molecule has 53 heavy (non-hydrogen) atoms. The minimum atomic E-state index is -0.931. The molecule has 0 fully saturated rings. The van der Waals surface area contributed by atoms with Crippen LogP contribution in [0.3, 0.4) is 0 Å². The molecule has 0 unspecified atom stereocenters. The largest absolute Gasteiger partial charge is 0.361 e. The number of rotatable bonds is 18. The SMILES string of the molecule is NCCCC[C@H](NC(=O)c1cccc(-c2cccc(NC(=O)[C@H](Cc3c[nH]c4ccccc34)NC(=O)[C@@H](N)Cc3ccccc3)c2)c1)C(=O)NCCN. The number of amides is 4. The summed E-state index contributed by atoms with van der Waals surface area (Å²) >= 11 is 0. The van der Waals surface area contributed by atoms with Gasteiger partial charge in [-0.1, -0.05) is 72.8 Å². The molecule has 276 valence electrons. The first-order valence-corrected chi connectivity index (χ1v) is 17.9. The Morgan fingerprint density at radius 1 is 0.679 bits per heavy atom. The van der Waals surface area contributed by atoms with E-state index in [-0.39, 0.29) is 12.3 Å². The van der Waals surface area contributed by atoms with Crippen LogP contribution in [0, 0.1) is 0 Å². The molecule has 0 saturated heterocycles. The summed E-state index contributed by atoms with van der Waals surface area (Å²) in [5.41, 5.74) is 22.6. The fraction of sp³-hybridized carbons (Fsp3) is 0.268. The Kier molecular flexibility index (Phi) is 13.9. The molecule has 4 aromatic carbocycles. The average Bonchev–Trinajstić information content (AvgIpc) is 3.59. The number of aromatic amines is 1. The third-order valence-electron chi connectivity index (χ3n) is 8.97. The Labute approximate surface area is 309 Å². The highest BCUT2D eigenvalue weighted by atomic mass is 16.2. The first-order chi connectivity index (χ1) is 25.7. The van der Waals surface area contributed by atoms with Crippen LogP contribution in [0.5, 0.6) is 0 Å². The second kappa shape index (κ2) is 19.1. The van der Waals surface area contributed by atoms with Gasteiger partial charge in [-0.05, 0) is 84.8 Å². The van der Waals surface area contributed by atoms with Crippen LogP contribution >= 0.6 is 0 Å². The van der Waals surface area contributed by atoms with E-state index in [1.807, 2.05) is 72.9 Å². The number of para-hydroxylation sites is 1. The summed E-state index contributed by atoms with van der Waals surface area (Å²) in [4.78, 5) is 56.6. The molecule has 5 aromatic rings. The predicted octanol–water partition coefficient (Wildman–Crippen LogP) is 3.37. The molecule has 1 aromatic heterocycles. The van der Waals surface area contributed by atoms with Crippen LogP contribution in [0.4, 0.5) is 5.69 Å². The number of carbonyl (C=O) groups is 4. The second-order valence-electron chi connectivity index (χ2n) is 13.0. The molecule has 11 N–H and O–H groups in total. The summed E-state index contributed by atoms with van der Waals surface area (Å²) in [6, 6.07) is 29.0. The van der Waals surface area contributed by atoms with E-state index in [1.165, 1.54) is 0 Å². The fourth-order valence-corrected chi connectivity index (χ4v) is 6.14. The van der Waals surface area contributed by atoms with Crippen molar-refractivity contribution in [3.8, 4) is 11.1 Å². The minimum absolute atomic E-state index is 0.230. The molecular formula is C41H48N8O4. The number of H-pyrrole nitrogens is 1. The van der Waals surface area contributed by atoms with Crippen LogP contribution in [0.1, 0.15) is 40.7 Å². The molecule has 0 aliphatic carbocycles. The van der Waals surface area contributed by atoms with Gasteiger partial charge < -0.3 is 43.5 Å². The van der Waals surface area contributed by atoms with Gasteiger partial charge in [-0.3, -0.25) is 19.2 Å². The number of carbonyl (C=O) groups excluding carboxylic acids is 4. The summed E-state index contributed by atoms with van der Waals surface area (Å²) in [5, 5.41) is 12.4. The number of benzene rings is 4. The average molecular weight is 717 g/mol. The number of hydrogen-bond donors (Lipinski definition) is 8. The fourth-order valence-electron chi connectivity index (χ4n) is 6.14. The van der Waals surface area contributed by atoms with Crippen molar-refractivity contribution >= 4 is 40.2 Å². The zero-order valence-corrected chi connectivity index (χ0v) is 29.6. The van der Waals surface area contributed by atoms with Crippen molar-refractivity contribution in [2.45, 2.75) is 50.2 Å². The summed E-state index contributed by atoms with van der Waals surface area (Å²) in [6.07, 6.45) is 4.26. The topological polar surface area (TPSA) is 210 Å². The van der Waals surface area contributed by atoms with Gasteiger partial charge in [0.2, 0.25) is 17.7 Å². The van der Waals surface area contributed by atoms with E-state index in [0.717, 1.165) is 39.6 Å². The first kappa shape index (κ1) is 38.4. The van der Waals surface area contributed by atoms with E-state index < -0.39 is 35.8 Å². The van der Waals surface area contributed by atoms with Crippen molar-refractivity contribution < 1.29 is 19.2 Å². The van der Waals surface area contributed by atoms with E-state index in [0.29, 0.717) is 50.1 Å². The van der Waals surface area contributed by atoms with Crippen LogP contribution in [0.15, 0.2) is 109 Å². The molecule has 1 heterocycles. The van der Waals surface area contributed by atoms with E-state index >= 15 is 0 Å². The summed E-state index contributed by atoms with van der Waals surface area (Å²) in [5.74, 6) is -1.53. The third kappa shape index (κ3) is 10.8. The van der Waals surface area contributed by atoms with Crippen molar-refractivity contribution in [3.63, 3.8) is 0 Å². The molecule has 5 rings (SSSR count). The van der Waals surface area contributed by atoms with Crippen molar-refractivity contribution in [2.24, 2.45) is 17.2 Å². The Balaban J connectivity index is 1.32. The molecule has 0 spiro atoms. The molecule has 0 aliphatic heterocycles. The van der Waals surface area contributed by atoms with Crippen LogP contribution < -0.4 is 38.5 Å². The molecule has 12 heteroatoms. The minimum Gasteiger partial charge on any atom is -0.361 e. The van der Waals surface area contributed by atoms with Gasteiger partial charge in [0.25, 0.3) is 5.91 Å². The molecule has 0 aliphatic rings. The number of anilines is 1. The smallest absolute Gasteiger partial charge is 0.251 e. The standard InChI is InChI=1S/C41H48N8O4/c42-19-7-6-18-36(40(52)45-21-20-43)48-38(50)30-14-8-12-28(23-30)29-13-9-15-32(24-29)47-41(53)37(25-31-26-46-35-17-5-4-16-33(31)35)49-39(51)34(44)22-27-10-2-1-3-11-27/h1-5,8-17,23-24,26,34,36-37,46H,6-7,18-22,25,42-44H2,(H,45,52)(H,47,53)(H,48,50)(H,49,51)/t34-,36-,37-/m0/s1. The van der Waals surface area contributed by atoms with E-state index in [2.05, 4.69) is 26.3 Å². The van der Waals surface area contributed by atoms with Gasteiger partial charge in [0, 0.05) is 47.9 Å². The maximum absolute atomic E-state index is 13.9. The Hall–Kier alpha value is -5.82. The number of nitrogens with two attached hydrogens (primary N) is 3. The Morgan fingerprint density at radius 2 is 1.42 bits per heavy atom. The number of unbranched alkanes of at least 4 members (excludes halogenated alkanes) is 1. The lowest BCUT2D eigenvalue weighted by Crippen LogP contribution is -2.51. The normalized spacial score (nSPS) is 12.7. The Morgan fingerprint density at radius 3 is 2.19 bits per heavy atom. The highest BCUT2D eigenvalue weighted by Gasteiger charge is 2.26.